The second-order valence-corrected chi connectivity index (χ2v) is 2.31. The molecular formula is C8H10O. The van der Waals surface area contributed by atoms with Crippen LogP contribution in [0.5, 0.6) is 0 Å². The number of rotatable bonds is 2. The molecule has 0 fully saturated rings. The van der Waals surface area contributed by atoms with Gasteiger partial charge in [-0.1, -0.05) is 12.2 Å². The average molecular weight is 122 g/mol. The number of allylic oxidation sites excluding steroid dienone is 3. The topological polar surface area (TPSA) is 17.1 Å². The molecule has 0 saturated heterocycles. The van der Waals surface area contributed by atoms with E-state index in [1.54, 1.807) is 6.08 Å². The van der Waals surface area contributed by atoms with Crippen LogP contribution >= 0.6 is 0 Å². The summed E-state index contributed by atoms with van der Waals surface area (Å²) >= 11 is 0. The average Bonchev–Trinajstić information content (AvgIpc) is 2.17. The smallest absolute Gasteiger partial charge is 0.155 e. The van der Waals surface area contributed by atoms with Crippen molar-refractivity contribution in [3.8, 4) is 0 Å². The van der Waals surface area contributed by atoms with Gasteiger partial charge in [-0.2, -0.15) is 0 Å². The molecule has 0 aliphatic heterocycles. The molecule has 48 valence electrons. The third-order valence-electron chi connectivity index (χ3n) is 1.49. The van der Waals surface area contributed by atoms with Crippen molar-refractivity contribution in [2.24, 2.45) is 5.92 Å². The quantitative estimate of drug-likeness (QED) is 0.509. The van der Waals surface area contributed by atoms with Gasteiger partial charge in [0.15, 0.2) is 5.78 Å². The molecule has 0 spiro atoms. The summed E-state index contributed by atoms with van der Waals surface area (Å²) in [7, 11) is 0. The van der Waals surface area contributed by atoms with Gasteiger partial charge >= 0.3 is 0 Å². The third kappa shape index (κ3) is 1.53. The van der Waals surface area contributed by atoms with Crippen molar-refractivity contribution in [1.29, 1.82) is 0 Å². The summed E-state index contributed by atoms with van der Waals surface area (Å²) in [6.45, 7) is 3.60. The van der Waals surface area contributed by atoms with Crippen molar-refractivity contribution in [2.45, 2.75) is 12.8 Å². The lowest BCUT2D eigenvalue weighted by molar-refractivity contribution is -0.114. The van der Waals surface area contributed by atoms with E-state index in [9.17, 15) is 4.79 Å². The SMILES string of the molecule is C=CC[C@H]1C=CC(=O)C1. The van der Waals surface area contributed by atoms with Crippen LogP contribution in [0.25, 0.3) is 0 Å². The minimum atomic E-state index is 0.252. The second kappa shape index (κ2) is 2.62. The Bertz CT molecular complexity index is 156. The van der Waals surface area contributed by atoms with Crippen molar-refractivity contribution in [1.82, 2.24) is 0 Å². The molecule has 0 saturated carbocycles. The molecule has 0 unspecified atom stereocenters. The summed E-state index contributed by atoms with van der Waals surface area (Å²) in [5.41, 5.74) is 0. The molecule has 1 aliphatic rings. The largest absolute Gasteiger partial charge is 0.295 e. The van der Waals surface area contributed by atoms with Crippen molar-refractivity contribution in [3.63, 3.8) is 0 Å². The van der Waals surface area contributed by atoms with Gasteiger partial charge in [0.1, 0.15) is 0 Å². The van der Waals surface area contributed by atoms with Crippen molar-refractivity contribution < 1.29 is 4.79 Å². The molecule has 0 radical (unpaired) electrons. The number of carbonyl (C=O) groups is 1. The first-order valence-corrected chi connectivity index (χ1v) is 3.15. The lowest BCUT2D eigenvalue weighted by Crippen LogP contribution is -1.93. The van der Waals surface area contributed by atoms with E-state index in [1.807, 2.05) is 12.2 Å². The van der Waals surface area contributed by atoms with E-state index in [-0.39, 0.29) is 5.78 Å². The van der Waals surface area contributed by atoms with E-state index in [0.29, 0.717) is 12.3 Å². The lowest BCUT2D eigenvalue weighted by Gasteiger charge is -1.98. The van der Waals surface area contributed by atoms with Crippen LogP contribution in [0.15, 0.2) is 24.8 Å². The number of carbonyl (C=O) groups excluding carboxylic acids is 1. The normalized spacial score (nSPS) is 24.9. The van der Waals surface area contributed by atoms with Gasteiger partial charge in [0.05, 0.1) is 0 Å². The van der Waals surface area contributed by atoms with Gasteiger partial charge in [0, 0.05) is 6.42 Å². The summed E-state index contributed by atoms with van der Waals surface area (Å²) in [5, 5.41) is 0. The van der Waals surface area contributed by atoms with Crippen LogP contribution in [0.2, 0.25) is 0 Å². The molecule has 0 aromatic carbocycles. The summed E-state index contributed by atoms with van der Waals surface area (Å²) in [6, 6.07) is 0. The van der Waals surface area contributed by atoms with Crippen molar-refractivity contribution >= 4 is 5.78 Å². The van der Waals surface area contributed by atoms with Gasteiger partial charge in [0.25, 0.3) is 0 Å². The van der Waals surface area contributed by atoms with Crippen LogP contribution in [-0.4, -0.2) is 5.78 Å². The van der Waals surface area contributed by atoms with E-state index in [4.69, 9.17) is 0 Å². The highest BCUT2D eigenvalue weighted by Gasteiger charge is 2.13. The predicted octanol–water partition coefficient (Wildman–Crippen LogP) is 1.71. The Labute approximate surface area is 55.1 Å². The predicted molar refractivity (Wildman–Crippen MR) is 37.1 cm³/mol. The van der Waals surface area contributed by atoms with E-state index in [2.05, 4.69) is 6.58 Å². The fraction of sp³-hybridized carbons (Fsp3) is 0.375. The maximum Gasteiger partial charge on any atom is 0.155 e. The van der Waals surface area contributed by atoms with Gasteiger partial charge in [-0.3, -0.25) is 4.79 Å². The Morgan fingerprint density at radius 2 is 2.67 bits per heavy atom. The zero-order valence-corrected chi connectivity index (χ0v) is 5.34. The lowest BCUT2D eigenvalue weighted by atomic mass is 10.1. The summed E-state index contributed by atoms with van der Waals surface area (Å²) in [6.07, 6.45) is 7.10. The first-order chi connectivity index (χ1) is 4.33. The molecule has 1 rings (SSSR count). The Hall–Kier alpha value is -0.850. The molecule has 9 heavy (non-hydrogen) atoms. The van der Waals surface area contributed by atoms with Crippen LogP contribution in [0.1, 0.15) is 12.8 Å². The van der Waals surface area contributed by atoms with E-state index < -0.39 is 0 Å². The Balaban J connectivity index is 2.40. The van der Waals surface area contributed by atoms with Gasteiger partial charge in [-0.05, 0) is 18.4 Å². The zero-order valence-electron chi connectivity index (χ0n) is 5.34. The Morgan fingerprint density at radius 3 is 3.11 bits per heavy atom. The van der Waals surface area contributed by atoms with E-state index >= 15 is 0 Å². The molecule has 1 atom stereocenters. The number of hydrogen-bond acceptors (Lipinski definition) is 1. The second-order valence-electron chi connectivity index (χ2n) is 2.31. The minimum Gasteiger partial charge on any atom is -0.295 e. The van der Waals surface area contributed by atoms with Crippen LogP contribution in [0, 0.1) is 5.92 Å². The fourth-order valence-electron chi connectivity index (χ4n) is 1.01. The van der Waals surface area contributed by atoms with Gasteiger partial charge in [-0.25, -0.2) is 0 Å². The highest BCUT2D eigenvalue weighted by Crippen LogP contribution is 2.17. The van der Waals surface area contributed by atoms with Crippen LogP contribution in [-0.2, 0) is 4.79 Å². The molecule has 0 bridgehead atoms. The summed E-state index contributed by atoms with van der Waals surface area (Å²) in [5.74, 6) is 0.692. The first-order valence-electron chi connectivity index (χ1n) is 3.15. The van der Waals surface area contributed by atoms with Crippen molar-refractivity contribution in [2.75, 3.05) is 0 Å². The van der Waals surface area contributed by atoms with Crippen LogP contribution in [0.4, 0.5) is 0 Å². The van der Waals surface area contributed by atoms with Gasteiger partial charge < -0.3 is 0 Å². The van der Waals surface area contributed by atoms with E-state index in [0.717, 1.165) is 6.42 Å². The fourth-order valence-corrected chi connectivity index (χ4v) is 1.01. The molecule has 0 aromatic heterocycles. The molecule has 0 aromatic rings. The number of ketones is 1. The first kappa shape index (κ1) is 6.27. The third-order valence-corrected chi connectivity index (χ3v) is 1.49. The zero-order chi connectivity index (χ0) is 6.69. The van der Waals surface area contributed by atoms with Crippen LogP contribution in [0.3, 0.4) is 0 Å². The maximum absolute atomic E-state index is 10.6. The van der Waals surface area contributed by atoms with Crippen molar-refractivity contribution in [3.05, 3.63) is 24.8 Å². The highest BCUT2D eigenvalue weighted by atomic mass is 16.1. The minimum absolute atomic E-state index is 0.252. The molecule has 1 aliphatic carbocycles. The molecular weight excluding hydrogens is 112 g/mol. The van der Waals surface area contributed by atoms with E-state index in [1.165, 1.54) is 0 Å². The Morgan fingerprint density at radius 1 is 1.89 bits per heavy atom. The van der Waals surface area contributed by atoms with Crippen LogP contribution < -0.4 is 0 Å². The molecule has 0 heterocycles. The molecule has 0 N–H and O–H groups in total. The summed E-state index contributed by atoms with van der Waals surface area (Å²) in [4.78, 5) is 10.6. The summed E-state index contributed by atoms with van der Waals surface area (Å²) < 4.78 is 0. The van der Waals surface area contributed by atoms with Gasteiger partial charge in [0.2, 0.25) is 0 Å². The monoisotopic (exact) mass is 122 g/mol. The Kier molecular flexibility index (Phi) is 1.83. The molecule has 1 heteroatoms. The molecule has 1 nitrogen and oxygen atoms in total. The maximum atomic E-state index is 10.6. The standard InChI is InChI=1S/C8H10O/c1-2-3-7-4-5-8(9)6-7/h2,4-5,7H,1,3,6H2/t7-/m0/s1. The molecule has 0 amide bonds. The number of hydrogen-bond donors (Lipinski definition) is 0. The highest BCUT2D eigenvalue weighted by molar-refractivity contribution is 5.92. The van der Waals surface area contributed by atoms with Gasteiger partial charge in [-0.15, -0.1) is 6.58 Å².